The average Bonchev–Trinajstić information content (AvgIpc) is 2.38. The first-order valence-corrected chi connectivity index (χ1v) is 6.90. The minimum Gasteiger partial charge on any atom is -0.313 e. The summed E-state index contributed by atoms with van der Waals surface area (Å²) < 4.78 is 0. The molecule has 1 aromatic carbocycles. The predicted molar refractivity (Wildman–Crippen MR) is 83.2 cm³/mol. The Morgan fingerprint density at radius 2 is 2.05 bits per heavy atom. The van der Waals surface area contributed by atoms with Gasteiger partial charge in [-0.3, -0.25) is 4.98 Å². The number of nitrogens with one attached hydrogen (secondary N) is 1. The molecule has 0 saturated heterocycles. The van der Waals surface area contributed by atoms with Gasteiger partial charge < -0.3 is 5.32 Å². The number of hydrogen-bond donors (Lipinski definition) is 1. The summed E-state index contributed by atoms with van der Waals surface area (Å²) in [6.07, 6.45) is 4.33. The Hall–Kier alpha value is -1.67. The highest BCUT2D eigenvalue weighted by atomic mass is 14.8. The molecule has 1 N–H and O–H groups in total. The quantitative estimate of drug-likeness (QED) is 0.821. The molecule has 1 heterocycles. The number of pyridine rings is 1. The second kappa shape index (κ2) is 6.48. The van der Waals surface area contributed by atoms with Crippen LogP contribution in [0.15, 0.2) is 36.4 Å². The molecule has 0 radical (unpaired) electrons. The van der Waals surface area contributed by atoms with Crippen molar-refractivity contribution in [3.63, 3.8) is 0 Å². The number of benzene rings is 1. The molecule has 2 nitrogen and oxygen atoms in total. The molecule has 0 saturated carbocycles. The first-order chi connectivity index (χ1) is 9.15. The smallest absolute Gasteiger partial charge is 0.0705 e. The zero-order chi connectivity index (χ0) is 13.7. The number of nitrogens with zero attached hydrogens (tertiary/aromatic N) is 1. The van der Waals surface area contributed by atoms with E-state index in [1.165, 1.54) is 10.9 Å². The molecule has 2 aromatic rings. The number of rotatable bonds is 5. The maximum atomic E-state index is 4.51. The van der Waals surface area contributed by atoms with Crippen LogP contribution in [-0.4, -0.2) is 18.1 Å². The molecule has 0 aliphatic rings. The van der Waals surface area contributed by atoms with Gasteiger partial charge in [-0.2, -0.15) is 0 Å². The summed E-state index contributed by atoms with van der Waals surface area (Å²) in [7, 11) is 0. The van der Waals surface area contributed by atoms with E-state index in [2.05, 4.69) is 66.6 Å². The summed E-state index contributed by atoms with van der Waals surface area (Å²) in [4.78, 5) is 4.51. The van der Waals surface area contributed by atoms with Gasteiger partial charge in [0, 0.05) is 17.6 Å². The minimum absolute atomic E-state index is 0.698. The van der Waals surface area contributed by atoms with Crippen LogP contribution < -0.4 is 5.32 Å². The Balaban J connectivity index is 2.01. The van der Waals surface area contributed by atoms with Gasteiger partial charge in [0.2, 0.25) is 0 Å². The van der Waals surface area contributed by atoms with Crippen LogP contribution in [0, 0.1) is 12.8 Å². The predicted octanol–water partition coefficient (Wildman–Crippen LogP) is 3.80. The SMILES string of the molecule is Cc1ccc2cc(/C=C/CNCC(C)C)ccc2n1. The molecular weight excluding hydrogens is 232 g/mol. The molecule has 0 atom stereocenters. The van der Waals surface area contributed by atoms with Crippen LogP contribution in [0.1, 0.15) is 25.1 Å². The Kier molecular flexibility index (Phi) is 4.69. The monoisotopic (exact) mass is 254 g/mol. The van der Waals surface area contributed by atoms with Gasteiger partial charge in [0.05, 0.1) is 5.52 Å². The van der Waals surface area contributed by atoms with Gasteiger partial charge in [0.15, 0.2) is 0 Å². The molecule has 0 aliphatic heterocycles. The van der Waals surface area contributed by atoms with Crippen LogP contribution in [0.4, 0.5) is 0 Å². The highest BCUT2D eigenvalue weighted by Gasteiger charge is 1.96. The maximum Gasteiger partial charge on any atom is 0.0705 e. The zero-order valence-corrected chi connectivity index (χ0v) is 12.0. The Morgan fingerprint density at radius 1 is 1.21 bits per heavy atom. The third-order valence-electron chi connectivity index (χ3n) is 2.98. The standard InChI is InChI=1S/C17H22N2/c1-13(2)12-18-10-4-5-15-7-9-17-16(11-15)8-6-14(3)19-17/h4-9,11,13,18H,10,12H2,1-3H3/b5-4+. The fourth-order valence-corrected chi connectivity index (χ4v) is 2.00. The molecule has 0 spiro atoms. The van der Waals surface area contributed by atoms with Crippen molar-refractivity contribution in [1.82, 2.24) is 10.3 Å². The Morgan fingerprint density at radius 3 is 2.84 bits per heavy atom. The van der Waals surface area contributed by atoms with E-state index in [9.17, 15) is 0 Å². The average molecular weight is 254 g/mol. The van der Waals surface area contributed by atoms with Gasteiger partial charge in [-0.05, 0) is 43.1 Å². The summed E-state index contributed by atoms with van der Waals surface area (Å²) in [5.74, 6) is 0.698. The van der Waals surface area contributed by atoms with E-state index in [1.807, 2.05) is 6.92 Å². The number of aromatic nitrogens is 1. The zero-order valence-electron chi connectivity index (χ0n) is 12.0. The van der Waals surface area contributed by atoms with Gasteiger partial charge >= 0.3 is 0 Å². The van der Waals surface area contributed by atoms with Crippen molar-refractivity contribution in [2.45, 2.75) is 20.8 Å². The van der Waals surface area contributed by atoms with Gasteiger partial charge in [0.1, 0.15) is 0 Å². The molecule has 1 aromatic heterocycles. The van der Waals surface area contributed by atoms with Crippen molar-refractivity contribution in [2.75, 3.05) is 13.1 Å². The third kappa shape index (κ3) is 4.18. The summed E-state index contributed by atoms with van der Waals surface area (Å²) >= 11 is 0. The van der Waals surface area contributed by atoms with Gasteiger partial charge in [-0.1, -0.05) is 38.1 Å². The van der Waals surface area contributed by atoms with Crippen LogP contribution in [0.3, 0.4) is 0 Å². The molecule has 100 valence electrons. The largest absolute Gasteiger partial charge is 0.313 e. The summed E-state index contributed by atoms with van der Waals surface area (Å²) in [5.41, 5.74) is 3.35. The number of fused-ring (bicyclic) bond motifs is 1. The van der Waals surface area contributed by atoms with Crippen molar-refractivity contribution in [1.29, 1.82) is 0 Å². The number of aryl methyl sites for hydroxylation is 1. The summed E-state index contributed by atoms with van der Waals surface area (Å²) in [5, 5.41) is 4.60. The van der Waals surface area contributed by atoms with Crippen molar-refractivity contribution < 1.29 is 0 Å². The van der Waals surface area contributed by atoms with E-state index in [-0.39, 0.29) is 0 Å². The van der Waals surface area contributed by atoms with Crippen LogP contribution in [0.2, 0.25) is 0 Å². The van der Waals surface area contributed by atoms with E-state index in [0.29, 0.717) is 5.92 Å². The Labute approximate surface area is 115 Å². The molecule has 0 amide bonds. The topological polar surface area (TPSA) is 24.9 Å². The molecule has 2 rings (SSSR count). The van der Waals surface area contributed by atoms with Gasteiger partial charge in [-0.25, -0.2) is 0 Å². The van der Waals surface area contributed by atoms with E-state index < -0.39 is 0 Å². The second-order valence-electron chi connectivity index (χ2n) is 5.36. The second-order valence-corrected chi connectivity index (χ2v) is 5.36. The summed E-state index contributed by atoms with van der Waals surface area (Å²) in [6.45, 7) is 8.44. The molecular formula is C17H22N2. The van der Waals surface area contributed by atoms with E-state index >= 15 is 0 Å². The Bertz CT molecular complexity index is 570. The normalized spacial score (nSPS) is 11.8. The molecule has 0 aliphatic carbocycles. The lowest BCUT2D eigenvalue weighted by molar-refractivity contribution is 0.577. The molecule has 2 heteroatoms. The van der Waals surface area contributed by atoms with Crippen molar-refractivity contribution in [2.24, 2.45) is 5.92 Å². The maximum absolute atomic E-state index is 4.51. The van der Waals surface area contributed by atoms with E-state index in [1.54, 1.807) is 0 Å². The lowest BCUT2D eigenvalue weighted by Gasteiger charge is -2.04. The number of hydrogen-bond acceptors (Lipinski definition) is 2. The summed E-state index contributed by atoms with van der Waals surface area (Å²) in [6, 6.07) is 10.6. The van der Waals surface area contributed by atoms with E-state index in [4.69, 9.17) is 0 Å². The molecule has 19 heavy (non-hydrogen) atoms. The highest BCUT2D eigenvalue weighted by molar-refractivity contribution is 5.81. The third-order valence-corrected chi connectivity index (χ3v) is 2.98. The fourth-order valence-electron chi connectivity index (χ4n) is 2.00. The first-order valence-electron chi connectivity index (χ1n) is 6.90. The van der Waals surface area contributed by atoms with Crippen molar-refractivity contribution in [3.8, 4) is 0 Å². The van der Waals surface area contributed by atoms with E-state index in [0.717, 1.165) is 24.3 Å². The lowest BCUT2D eigenvalue weighted by atomic mass is 10.1. The van der Waals surface area contributed by atoms with Crippen molar-refractivity contribution in [3.05, 3.63) is 47.7 Å². The molecule has 0 fully saturated rings. The first kappa shape index (κ1) is 13.8. The molecule has 0 bridgehead atoms. The van der Waals surface area contributed by atoms with Crippen LogP contribution >= 0.6 is 0 Å². The minimum atomic E-state index is 0.698. The van der Waals surface area contributed by atoms with Crippen LogP contribution in [0.5, 0.6) is 0 Å². The lowest BCUT2D eigenvalue weighted by Crippen LogP contribution is -2.19. The van der Waals surface area contributed by atoms with Crippen LogP contribution in [0.25, 0.3) is 17.0 Å². The van der Waals surface area contributed by atoms with Crippen LogP contribution in [-0.2, 0) is 0 Å². The highest BCUT2D eigenvalue weighted by Crippen LogP contribution is 2.15. The van der Waals surface area contributed by atoms with Gasteiger partial charge in [-0.15, -0.1) is 0 Å². The molecule has 0 unspecified atom stereocenters. The van der Waals surface area contributed by atoms with Crippen molar-refractivity contribution >= 4 is 17.0 Å². The van der Waals surface area contributed by atoms with Gasteiger partial charge in [0.25, 0.3) is 0 Å². The fraction of sp³-hybridized carbons (Fsp3) is 0.353.